The first-order valence-corrected chi connectivity index (χ1v) is 29.8. The van der Waals surface area contributed by atoms with Gasteiger partial charge in [-0.2, -0.15) is 0 Å². The summed E-state index contributed by atoms with van der Waals surface area (Å²) >= 11 is 0. The van der Waals surface area contributed by atoms with Gasteiger partial charge in [-0.25, -0.2) is 0 Å². The van der Waals surface area contributed by atoms with Crippen molar-refractivity contribution in [3.63, 3.8) is 0 Å². The van der Waals surface area contributed by atoms with Crippen molar-refractivity contribution in [2.24, 2.45) is 0 Å². The molecule has 0 aliphatic heterocycles. The van der Waals surface area contributed by atoms with Crippen LogP contribution in [0.2, 0.25) is 0 Å². The number of unbranched alkanes of at least 4 members (excludes halogenated alkanes) is 11. The highest BCUT2D eigenvalue weighted by Crippen LogP contribution is 2.12. The van der Waals surface area contributed by atoms with Gasteiger partial charge >= 0.3 is 17.9 Å². The fourth-order valence-electron chi connectivity index (χ4n) is 7.28. The van der Waals surface area contributed by atoms with E-state index in [1.54, 1.807) is 6.08 Å². The molecular formula is C70H106O6. The third kappa shape index (κ3) is 59.4. The molecular weight excluding hydrogens is 937 g/mol. The molecule has 0 spiro atoms. The van der Waals surface area contributed by atoms with E-state index in [0.29, 0.717) is 19.3 Å². The number of hydrogen-bond donors (Lipinski definition) is 0. The topological polar surface area (TPSA) is 78.9 Å². The molecule has 0 heterocycles. The zero-order valence-corrected chi connectivity index (χ0v) is 48.2. The first kappa shape index (κ1) is 70.5. The first-order chi connectivity index (χ1) is 37.5. The lowest BCUT2D eigenvalue weighted by molar-refractivity contribution is -0.166. The van der Waals surface area contributed by atoms with Gasteiger partial charge in [0.15, 0.2) is 6.10 Å². The number of ether oxygens (including phenoxy) is 3. The van der Waals surface area contributed by atoms with E-state index in [4.69, 9.17) is 14.2 Å². The van der Waals surface area contributed by atoms with E-state index in [2.05, 4.69) is 191 Å². The number of esters is 3. The fraction of sp³-hybridized carbons (Fsp3) is 0.529. The van der Waals surface area contributed by atoms with Crippen LogP contribution in [0.1, 0.15) is 220 Å². The summed E-state index contributed by atoms with van der Waals surface area (Å²) in [4.78, 5) is 38.0. The van der Waals surface area contributed by atoms with Gasteiger partial charge in [0.05, 0.1) is 6.42 Å². The minimum Gasteiger partial charge on any atom is -0.462 e. The molecule has 0 saturated carbocycles. The largest absolute Gasteiger partial charge is 0.462 e. The molecule has 76 heavy (non-hydrogen) atoms. The van der Waals surface area contributed by atoms with Crippen molar-refractivity contribution in [2.75, 3.05) is 13.2 Å². The molecule has 0 aromatic heterocycles. The molecule has 0 aromatic rings. The van der Waals surface area contributed by atoms with Crippen LogP contribution >= 0.6 is 0 Å². The second-order valence-corrected chi connectivity index (χ2v) is 18.8. The quantitative estimate of drug-likeness (QED) is 0.0261. The number of rotatable bonds is 51. The Morgan fingerprint density at radius 2 is 0.553 bits per heavy atom. The molecule has 6 heteroatoms. The van der Waals surface area contributed by atoms with E-state index in [1.165, 1.54) is 12.8 Å². The molecule has 6 nitrogen and oxygen atoms in total. The van der Waals surface area contributed by atoms with Gasteiger partial charge in [-0.05, 0) is 135 Å². The predicted octanol–water partition coefficient (Wildman–Crippen LogP) is 20.5. The highest BCUT2D eigenvalue weighted by atomic mass is 16.6. The van der Waals surface area contributed by atoms with E-state index in [9.17, 15) is 14.4 Å². The fourth-order valence-corrected chi connectivity index (χ4v) is 7.28. The van der Waals surface area contributed by atoms with Crippen molar-refractivity contribution in [1.29, 1.82) is 0 Å². The van der Waals surface area contributed by atoms with Crippen LogP contribution in [-0.4, -0.2) is 37.2 Å². The van der Waals surface area contributed by atoms with Crippen molar-refractivity contribution in [1.82, 2.24) is 0 Å². The normalized spacial score (nSPS) is 13.5. The second-order valence-electron chi connectivity index (χ2n) is 18.8. The Hall–Kier alpha value is -5.49. The van der Waals surface area contributed by atoms with Crippen LogP contribution in [0.15, 0.2) is 182 Å². The molecule has 0 bridgehead atoms. The highest BCUT2D eigenvalue weighted by molar-refractivity contribution is 5.72. The summed E-state index contributed by atoms with van der Waals surface area (Å²) in [5.41, 5.74) is 0. The lowest BCUT2D eigenvalue weighted by atomic mass is 10.1. The molecule has 0 rings (SSSR count). The molecule has 0 fully saturated rings. The number of hydrogen-bond acceptors (Lipinski definition) is 6. The van der Waals surface area contributed by atoms with Gasteiger partial charge in [-0.15, -0.1) is 0 Å². The Bertz CT molecular complexity index is 1820. The predicted molar refractivity (Wildman–Crippen MR) is 329 cm³/mol. The van der Waals surface area contributed by atoms with Gasteiger partial charge < -0.3 is 14.2 Å². The molecule has 0 aromatic carbocycles. The van der Waals surface area contributed by atoms with Crippen LogP contribution in [0.25, 0.3) is 0 Å². The maximum Gasteiger partial charge on any atom is 0.310 e. The molecule has 0 saturated heterocycles. The molecule has 422 valence electrons. The third-order valence-corrected chi connectivity index (χ3v) is 11.6. The molecule has 0 N–H and O–H groups in total. The van der Waals surface area contributed by atoms with Crippen molar-refractivity contribution in [2.45, 2.75) is 226 Å². The van der Waals surface area contributed by atoms with E-state index in [-0.39, 0.29) is 31.6 Å². The summed E-state index contributed by atoms with van der Waals surface area (Å²) in [5.74, 6) is -1.11. The van der Waals surface area contributed by atoms with Crippen LogP contribution in [0.3, 0.4) is 0 Å². The summed E-state index contributed by atoms with van der Waals surface area (Å²) in [6, 6.07) is 0. The van der Waals surface area contributed by atoms with Gasteiger partial charge in [0.1, 0.15) is 13.2 Å². The standard InChI is InChI=1S/C70H106O6/c1-4-7-10-13-16-19-22-24-26-27-28-29-30-31-32-33-34-35-36-37-38-39-40-41-42-43-45-46-48-51-54-57-60-63-69(72)75-66-67(65-74-68(71)62-59-56-53-50-21-18-15-12-9-6-3)76-70(73)64-61-58-55-52-49-47-44-25-23-20-17-14-11-8-5-2/h7-8,10-12,15-17,19-20,24-26,28-29,31-32,34-35,37-38,40-41,43-45,49,52,58,61,67H,4-6,9,13-14,18,21-23,27,30,33,36,39,42,46-48,50-51,53-57,59-60,62-66H2,1-3H3/b10-7-,11-8-,15-12-,19-16-,20-17-,26-24-,29-28-,32-31-,35-34-,38-37-,41-40-,44-25-,45-43-,52-49-,61-58-. The summed E-state index contributed by atoms with van der Waals surface area (Å²) in [7, 11) is 0. The number of carbonyl (C=O) groups is 3. The summed E-state index contributed by atoms with van der Waals surface area (Å²) < 4.78 is 16.7. The van der Waals surface area contributed by atoms with E-state index in [0.717, 1.165) is 161 Å². The number of allylic oxidation sites excluding steroid dienone is 29. The van der Waals surface area contributed by atoms with Gasteiger partial charge in [0.2, 0.25) is 0 Å². The minimum absolute atomic E-state index is 0.0816. The van der Waals surface area contributed by atoms with Crippen LogP contribution < -0.4 is 0 Å². The van der Waals surface area contributed by atoms with Crippen LogP contribution in [0, 0.1) is 0 Å². The molecule has 0 aliphatic rings. The average Bonchev–Trinajstić information content (AvgIpc) is 3.42. The Balaban J connectivity index is 4.37. The van der Waals surface area contributed by atoms with Gasteiger partial charge in [-0.1, -0.05) is 248 Å². The van der Waals surface area contributed by atoms with Crippen LogP contribution in [0.4, 0.5) is 0 Å². The second kappa shape index (κ2) is 62.1. The molecule has 1 atom stereocenters. The van der Waals surface area contributed by atoms with Gasteiger partial charge in [0.25, 0.3) is 0 Å². The zero-order chi connectivity index (χ0) is 55.0. The van der Waals surface area contributed by atoms with Crippen molar-refractivity contribution in [3.8, 4) is 0 Å². The number of carbonyl (C=O) groups excluding carboxylic acids is 3. The molecule has 1 unspecified atom stereocenters. The van der Waals surface area contributed by atoms with Crippen LogP contribution in [0.5, 0.6) is 0 Å². The highest BCUT2D eigenvalue weighted by Gasteiger charge is 2.19. The Kier molecular flexibility index (Phi) is 57.6. The Morgan fingerprint density at radius 3 is 0.882 bits per heavy atom. The summed E-state index contributed by atoms with van der Waals surface area (Å²) in [6.45, 7) is 6.21. The third-order valence-electron chi connectivity index (χ3n) is 11.6. The zero-order valence-electron chi connectivity index (χ0n) is 48.2. The maximum atomic E-state index is 12.8. The first-order valence-electron chi connectivity index (χ1n) is 29.8. The lowest BCUT2D eigenvalue weighted by Crippen LogP contribution is -2.30. The van der Waals surface area contributed by atoms with Crippen LogP contribution in [-0.2, 0) is 28.6 Å². The SMILES string of the molecule is CC/C=C\C/C=C\C/C=C\C/C=C\C/C=C\C/C=C\C/C=C\C/C=C\C/C=C\CCCCCCCC(=O)OCC(COC(=O)CCCCCCC/C=C\CCC)OC(=O)C/C=C\C/C=C\C/C=C\C/C=C\C/C=C\CC. The lowest BCUT2D eigenvalue weighted by Gasteiger charge is -2.18. The van der Waals surface area contributed by atoms with Gasteiger partial charge in [-0.3, -0.25) is 14.4 Å². The smallest absolute Gasteiger partial charge is 0.310 e. The monoisotopic (exact) mass is 1040 g/mol. The molecule has 0 radical (unpaired) electrons. The molecule has 0 aliphatic carbocycles. The Morgan fingerprint density at radius 1 is 0.289 bits per heavy atom. The van der Waals surface area contributed by atoms with Gasteiger partial charge in [0, 0.05) is 12.8 Å². The minimum atomic E-state index is -0.853. The summed E-state index contributed by atoms with van der Waals surface area (Å²) in [5, 5.41) is 0. The average molecular weight is 1040 g/mol. The maximum absolute atomic E-state index is 12.8. The van der Waals surface area contributed by atoms with E-state index < -0.39 is 12.1 Å². The van der Waals surface area contributed by atoms with Crippen molar-refractivity contribution in [3.05, 3.63) is 182 Å². The molecule has 0 amide bonds. The van der Waals surface area contributed by atoms with E-state index in [1.807, 2.05) is 6.08 Å². The van der Waals surface area contributed by atoms with E-state index >= 15 is 0 Å². The van der Waals surface area contributed by atoms with Crippen molar-refractivity contribution < 1.29 is 28.6 Å². The Labute approximate surface area is 465 Å². The summed E-state index contributed by atoms with van der Waals surface area (Å²) in [6.07, 6.45) is 93.6. The van der Waals surface area contributed by atoms with Crippen molar-refractivity contribution >= 4 is 17.9 Å².